The Morgan fingerprint density at radius 1 is 1.29 bits per heavy atom. The molecule has 5 N–H and O–H groups in total. The molecule has 146 valence electrons. The van der Waals surface area contributed by atoms with Gasteiger partial charge in [0, 0.05) is 30.1 Å². The van der Waals surface area contributed by atoms with Crippen molar-refractivity contribution in [2.24, 2.45) is 0 Å². The van der Waals surface area contributed by atoms with Crippen LogP contribution in [0.1, 0.15) is 16.1 Å². The molecule has 0 saturated heterocycles. The zero-order valence-electron chi connectivity index (χ0n) is 14.2. The normalized spacial score (nSPS) is 11.3. The standard InChI is InChI=1S/C16H13ClF3N7O/c1-22-13(28)11-3-2-7(6-23-11)12-9(16(18,19)20)4-8(5-10(12)17)24-15-25-14(21)26-27-15/h2-6H,1H3,(H,22,28)(H4,21,24,25,26,27). The van der Waals surface area contributed by atoms with Gasteiger partial charge in [0.2, 0.25) is 11.9 Å². The van der Waals surface area contributed by atoms with Crippen LogP contribution in [0.15, 0.2) is 30.5 Å². The van der Waals surface area contributed by atoms with Gasteiger partial charge >= 0.3 is 6.18 Å². The zero-order valence-corrected chi connectivity index (χ0v) is 15.0. The number of amides is 1. The summed E-state index contributed by atoms with van der Waals surface area (Å²) in [6, 6.07) is 4.83. The fourth-order valence-corrected chi connectivity index (χ4v) is 2.79. The van der Waals surface area contributed by atoms with Gasteiger partial charge in [0.25, 0.3) is 5.91 Å². The van der Waals surface area contributed by atoms with Crippen molar-refractivity contribution in [1.82, 2.24) is 25.5 Å². The fourth-order valence-electron chi connectivity index (χ4n) is 2.46. The summed E-state index contributed by atoms with van der Waals surface area (Å²) in [7, 11) is 1.42. The number of halogens is 4. The predicted molar refractivity (Wildman–Crippen MR) is 97.2 cm³/mol. The highest BCUT2D eigenvalue weighted by molar-refractivity contribution is 6.33. The fraction of sp³-hybridized carbons (Fsp3) is 0.125. The third-order valence-corrected chi connectivity index (χ3v) is 3.96. The minimum atomic E-state index is -4.70. The molecule has 0 spiro atoms. The van der Waals surface area contributed by atoms with Crippen LogP contribution in [0.2, 0.25) is 5.02 Å². The van der Waals surface area contributed by atoms with Gasteiger partial charge in [-0.1, -0.05) is 17.7 Å². The Balaban J connectivity index is 2.06. The molecule has 0 aliphatic carbocycles. The average molecular weight is 412 g/mol. The van der Waals surface area contributed by atoms with E-state index in [2.05, 4.69) is 30.8 Å². The zero-order chi connectivity index (χ0) is 20.5. The monoisotopic (exact) mass is 411 g/mol. The summed E-state index contributed by atoms with van der Waals surface area (Å²) in [5.41, 5.74) is 4.35. The van der Waals surface area contributed by atoms with Gasteiger partial charge in [0.15, 0.2) is 0 Å². The van der Waals surface area contributed by atoms with Gasteiger partial charge in [0.05, 0.1) is 10.6 Å². The molecule has 2 aromatic heterocycles. The molecule has 12 heteroatoms. The maximum atomic E-state index is 13.7. The second-order valence-corrected chi connectivity index (χ2v) is 5.97. The summed E-state index contributed by atoms with van der Waals surface area (Å²) in [5, 5.41) is 10.9. The van der Waals surface area contributed by atoms with Crippen molar-refractivity contribution in [3.8, 4) is 11.1 Å². The highest BCUT2D eigenvalue weighted by Crippen LogP contribution is 2.43. The molecule has 0 fully saturated rings. The largest absolute Gasteiger partial charge is 0.417 e. The molecule has 0 saturated carbocycles. The Morgan fingerprint density at radius 2 is 2.04 bits per heavy atom. The first-order valence-corrected chi connectivity index (χ1v) is 8.11. The van der Waals surface area contributed by atoms with Crippen LogP contribution in [0.3, 0.4) is 0 Å². The van der Waals surface area contributed by atoms with E-state index in [1.807, 2.05) is 0 Å². The highest BCUT2D eigenvalue weighted by Gasteiger charge is 2.35. The van der Waals surface area contributed by atoms with E-state index in [-0.39, 0.29) is 39.4 Å². The van der Waals surface area contributed by atoms with Crippen molar-refractivity contribution in [3.05, 3.63) is 46.7 Å². The lowest BCUT2D eigenvalue weighted by molar-refractivity contribution is -0.137. The average Bonchev–Trinajstić information content (AvgIpc) is 3.05. The molecular weight excluding hydrogens is 399 g/mol. The highest BCUT2D eigenvalue weighted by atomic mass is 35.5. The Hall–Kier alpha value is -3.34. The number of nitrogens with zero attached hydrogens (tertiary/aromatic N) is 3. The van der Waals surface area contributed by atoms with Crippen molar-refractivity contribution >= 4 is 35.1 Å². The second kappa shape index (κ2) is 7.35. The van der Waals surface area contributed by atoms with Gasteiger partial charge in [-0.25, -0.2) is 5.10 Å². The molecule has 3 rings (SSSR count). The van der Waals surface area contributed by atoms with Crippen molar-refractivity contribution in [1.29, 1.82) is 0 Å². The molecule has 0 atom stereocenters. The summed E-state index contributed by atoms with van der Waals surface area (Å²) in [6.45, 7) is 0. The number of anilines is 3. The maximum Gasteiger partial charge on any atom is 0.417 e. The Bertz CT molecular complexity index is 1020. The van der Waals surface area contributed by atoms with Gasteiger partial charge in [-0.05, 0) is 18.2 Å². The molecule has 2 heterocycles. The first kappa shape index (κ1) is 19.4. The summed E-state index contributed by atoms with van der Waals surface area (Å²) in [4.78, 5) is 19.2. The Morgan fingerprint density at radius 3 is 2.57 bits per heavy atom. The van der Waals surface area contributed by atoms with E-state index in [0.717, 1.165) is 12.3 Å². The first-order chi connectivity index (χ1) is 13.2. The van der Waals surface area contributed by atoms with E-state index in [1.54, 1.807) is 0 Å². The van der Waals surface area contributed by atoms with Crippen LogP contribution in [0, 0.1) is 0 Å². The number of carbonyl (C=O) groups is 1. The van der Waals surface area contributed by atoms with Crippen LogP contribution < -0.4 is 16.4 Å². The van der Waals surface area contributed by atoms with Gasteiger partial charge in [-0.15, -0.1) is 5.10 Å². The molecule has 0 unspecified atom stereocenters. The summed E-state index contributed by atoms with van der Waals surface area (Å²) in [6.07, 6.45) is -3.54. The van der Waals surface area contributed by atoms with Gasteiger partial charge in [-0.3, -0.25) is 9.78 Å². The number of rotatable bonds is 4. The molecule has 0 radical (unpaired) electrons. The van der Waals surface area contributed by atoms with E-state index in [4.69, 9.17) is 17.3 Å². The number of aromatic amines is 1. The number of nitrogen functional groups attached to an aromatic ring is 1. The van der Waals surface area contributed by atoms with E-state index >= 15 is 0 Å². The number of benzene rings is 1. The summed E-state index contributed by atoms with van der Waals surface area (Å²) in [5.74, 6) is -0.464. The van der Waals surface area contributed by atoms with Crippen LogP contribution in [0.25, 0.3) is 11.1 Å². The quantitative estimate of drug-likeness (QED) is 0.523. The third kappa shape index (κ3) is 3.98. The molecule has 1 amide bonds. The smallest absolute Gasteiger partial charge is 0.368 e. The van der Waals surface area contributed by atoms with Crippen LogP contribution in [-0.2, 0) is 6.18 Å². The Labute approximate surface area is 161 Å². The molecule has 28 heavy (non-hydrogen) atoms. The molecule has 0 aliphatic rings. The molecule has 0 bridgehead atoms. The molecule has 3 aromatic rings. The van der Waals surface area contributed by atoms with E-state index in [9.17, 15) is 18.0 Å². The van der Waals surface area contributed by atoms with Crippen molar-refractivity contribution in [3.63, 3.8) is 0 Å². The van der Waals surface area contributed by atoms with Gasteiger partial charge in [0.1, 0.15) is 5.69 Å². The number of nitrogens with two attached hydrogens (primary N) is 1. The van der Waals surface area contributed by atoms with Crippen LogP contribution in [0.4, 0.5) is 30.8 Å². The van der Waals surface area contributed by atoms with E-state index in [0.29, 0.717) is 0 Å². The summed E-state index contributed by atoms with van der Waals surface area (Å²) < 4.78 is 41.0. The van der Waals surface area contributed by atoms with Crippen molar-refractivity contribution in [2.75, 3.05) is 18.1 Å². The maximum absolute atomic E-state index is 13.7. The van der Waals surface area contributed by atoms with Gasteiger partial charge < -0.3 is 16.4 Å². The minimum absolute atomic E-state index is 0.00328. The molecule has 8 nitrogen and oxygen atoms in total. The van der Waals surface area contributed by atoms with E-state index < -0.39 is 17.6 Å². The van der Waals surface area contributed by atoms with Crippen LogP contribution >= 0.6 is 11.6 Å². The molecule has 0 aliphatic heterocycles. The second-order valence-electron chi connectivity index (χ2n) is 5.56. The number of hydrogen-bond donors (Lipinski definition) is 4. The Kier molecular flexibility index (Phi) is 5.10. The number of nitrogens with one attached hydrogen (secondary N) is 3. The third-order valence-electron chi connectivity index (χ3n) is 3.67. The van der Waals surface area contributed by atoms with Crippen LogP contribution in [-0.4, -0.2) is 33.1 Å². The minimum Gasteiger partial charge on any atom is -0.368 e. The predicted octanol–water partition coefficient (Wildman–Crippen LogP) is 3.22. The van der Waals surface area contributed by atoms with E-state index in [1.165, 1.54) is 25.2 Å². The number of pyridine rings is 1. The van der Waals surface area contributed by atoms with Crippen LogP contribution in [0.5, 0.6) is 0 Å². The molecule has 1 aromatic carbocycles. The summed E-state index contributed by atoms with van der Waals surface area (Å²) >= 11 is 6.16. The lowest BCUT2D eigenvalue weighted by atomic mass is 9.99. The SMILES string of the molecule is CNC(=O)c1ccc(-c2c(Cl)cc(Nc3n[nH]c(N)n3)cc2C(F)(F)F)cn1. The van der Waals surface area contributed by atoms with Crippen molar-refractivity contribution < 1.29 is 18.0 Å². The molecular formula is C16H13ClF3N7O. The lowest BCUT2D eigenvalue weighted by Gasteiger charge is -2.17. The number of alkyl halides is 3. The number of aromatic nitrogens is 4. The number of H-pyrrole nitrogens is 1. The van der Waals surface area contributed by atoms with Crippen molar-refractivity contribution in [2.45, 2.75) is 6.18 Å². The lowest BCUT2D eigenvalue weighted by Crippen LogP contribution is -2.19. The first-order valence-electron chi connectivity index (χ1n) is 7.73. The number of hydrogen-bond acceptors (Lipinski definition) is 6. The number of carbonyl (C=O) groups excluding carboxylic acids is 1. The van der Waals surface area contributed by atoms with Gasteiger partial charge in [-0.2, -0.15) is 18.2 Å². The topological polar surface area (TPSA) is 122 Å².